The number of nitrogens with zero attached hydrogens (tertiary/aromatic N) is 3. The van der Waals surface area contributed by atoms with Gasteiger partial charge in [-0.15, -0.1) is 0 Å². The number of hydrogen-bond acceptors (Lipinski definition) is 5. The van der Waals surface area contributed by atoms with Crippen LogP contribution in [0.4, 0.5) is 11.4 Å². The van der Waals surface area contributed by atoms with E-state index in [0.29, 0.717) is 13.1 Å². The first kappa shape index (κ1) is 14.9. The zero-order chi connectivity index (χ0) is 15.4. The zero-order valence-corrected chi connectivity index (χ0v) is 11.6. The molecule has 0 aliphatic heterocycles. The van der Waals surface area contributed by atoms with E-state index < -0.39 is 10.8 Å². The van der Waals surface area contributed by atoms with Crippen molar-refractivity contribution < 1.29 is 9.72 Å². The van der Waals surface area contributed by atoms with Gasteiger partial charge in [0.1, 0.15) is 11.4 Å². The standard InChI is InChI=1S/C12H12ClN5O3/c13-8-1-2-11(18(20)21)9(5-8)16-12(19)10-6-17(4-3-14)7-15-10/h1-2,5-7H,3-4,14H2,(H,16,19). The van der Waals surface area contributed by atoms with Gasteiger partial charge in [-0.2, -0.15) is 0 Å². The van der Waals surface area contributed by atoms with Crippen LogP contribution in [0.15, 0.2) is 30.7 Å². The molecule has 2 rings (SSSR count). The molecule has 0 aliphatic rings. The van der Waals surface area contributed by atoms with E-state index in [1.165, 1.54) is 30.7 Å². The van der Waals surface area contributed by atoms with E-state index in [4.69, 9.17) is 17.3 Å². The normalized spacial score (nSPS) is 10.4. The van der Waals surface area contributed by atoms with E-state index in [1.54, 1.807) is 4.57 Å². The first-order valence-corrected chi connectivity index (χ1v) is 6.36. The van der Waals surface area contributed by atoms with Crippen molar-refractivity contribution in [3.8, 4) is 0 Å². The maximum absolute atomic E-state index is 12.0. The highest BCUT2D eigenvalue weighted by atomic mass is 35.5. The highest BCUT2D eigenvalue weighted by Gasteiger charge is 2.18. The van der Waals surface area contributed by atoms with Crippen molar-refractivity contribution >= 4 is 28.9 Å². The van der Waals surface area contributed by atoms with Crippen molar-refractivity contribution in [2.45, 2.75) is 6.54 Å². The second-order valence-electron chi connectivity index (χ2n) is 4.16. The molecule has 0 radical (unpaired) electrons. The Bertz CT molecular complexity index is 685. The number of halogens is 1. The number of nitrogens with one attached hydrogen (secondary N) is 1. The number of rotatable bonds is 5. The van der Waals surface area contributed by atoms with Gasteiger partial charge in [0.2, 0.25) is 0 Å². The highest BCUT2D eigenvalue weighted by Crippen LogP contribution is 2.27. The Balaban J connectivity index is 2.22. The van der Waals surface area contributed by atoms with Crippen molar-refractivity contribution in [2.24, 2.45) is 5.73 Å². The molecule has 2 aromatic rings. The van der Waals surface area contributed by atoms with Crippen LogP contribution in [0.2, 0.25) is 5.02 Å². The van der Waals surface area contributed by atoms with Gasteiger partial charge in [0.25, 0.3) is 11.6 Å². The smallest absolute Gasteiger partial charge is 0.292 e. The first-order chi connectivity index (χ1) is 10.0. The lowest BCUT2D eigenvalue weighted by molar-refractivity contribution is -0.383. The van der Waals surface area contributed by atoms with Gasteiger partial charge in [-0.05, 0) is 12.1 Å². The van der Waals surface area contributed by atoms with Gasteiger partial charge >= 0.3 is 0 Å². The molecule has 1 aromatic carbocycles. The molecular formula is C12H12ClN5O3. The lowest BCUT2D eigenvalue weighted by Crippen LogP contribution is -2.14. The second kappa shape index (κ2) is 6.33. The monoisotopic (exact) mass is 309 g/mol. The molecule has 0 saturated carbocycles. The summed E-state index contributed by atoms with van der Waals surface area (Å²) >= 11 is 5.79. The fraction of sp³-hybridized carbons (Fsp3) is 0.167. The summed E-state index contributed by atoms with van der Waals surface area (Å²) in [5, 5.41) is 13.6. The Morgan fingerprint density at radius 2 is 2.29 bits per heavy atom. The molecule has 1 amide bonds. The number of benzene rings is 1. The molecule has 21 heavy (non-hydrogen) atoms. The van der Waals surface area contributed by atoms with Crippen LogP contribution >= 0.6 is 11.6 Å². The van der Waals surface area contributed by atoms with Gasteiger partial charge in [-0.25, -0.2) is 4.98 Å². The van der Waals surface area contributed by atoms with Gasteiger partial charge in [0, 0.05) is 30.4 Å². The molecule has 0 unspecified atom stereocenters. The van der Waals surface area contributed by atoms with Crippen LogP contribution in [-0.2, 0) is 6.54 Å². The minimum Gasteiger partial charge on any atom is -0.335 e. The van der Waals surface area contributed by atoms with Gasteiger partial charge in [-0.3, -0.25) is 14.9 Å². The maximum Gasteiger partial charge on any atom is 0.292 e. The number of nitro benzene ring substituents is 1. The summed E-state index contributed by atoms with van der Waals surface area (Å²) in [6, 6.07) is 3.92. The summed E-state index contributed by atoms with van der Waals surface area (Å²) < 4.78 is 1.65. The molecule has 0 bridgehead atoms. The van der Waals surface area contributed by atoms with Crippen LogP contribution in [-0.4, -0.2) is 26.9 Å². The molecular weight excluding hydrogens is 298 g/mol. The number of carbonyl (C=O) groups is 1. The zero-order valence-electron chi connectivity index (χ0n) is 10.8. The van der Waals surface area contributed by atoms with Crippen molar-refractivity contribution in [1.29, 1.82) is 0 Å². The number of anilines is 1. The van der Waals surface area contributed by atoms with Gasteiger partial charge in [0.15, 0.2) is 0 Å². The Morgan fingerprint density at radius 1 is 1.52 bits per heavy atom. The van der Waals surface area contributed by atoms with Crippen LogP contribution < -0.4 is 11.1 Å². The predicted octanol–water partition coefficient (Wildman–Crippen LogP) is 1.66. The number of amides is 1. The third kappa shape index (κ3) is 3.56. The van der Waals surface area contributed by atoms with Gasteiger partial charge in [0.05, 0.1) is 11.3 Å². The van der Waals surface area contributed by atoms with E-state index in [9.17, 15) is 14.9 Å². The molecule has 0 atom stereocenters. The topological polar surface area (TPSA) is 116 Å². The lowest BCUT2D eigenvalue weighted by Gasteiger charge is -2.04. The van der Waals surface area contributed by atoms with Crippen molar-refractivity contribution in [2.75, 3.05) is 11.9 Å². The summed E-state index contributed by atoms with van der Waals surface area (Å²) in [7, 11) is 0. The van der Waals surface area contributed by atoms with E-state index in [2.05, 4.69) is 10.3 Å². The fourth-order valence-electron chi connectivity index (χ4n) is 1.70. The van der Waals surface area contributed by atoms with Crippen molar-refractivity contribution in [1.82, 2.24) is 9.55 Å². The Morgan fingerprint density at radius 3 is 2.95 bits per heavy atom. The summed E-state index contributed by atoms with van der Waals surface area (Å²) in [5.74, 6) is -0.559. The minimum atomic E-state index is -0.598. The molecule has 0 saturated heterocycles. The Kier molecular flexibility index (Phi) is 4.51. The Labute approximate surface area is 124 Å². The SMILES string of the molecule is NCCn1cnc(C(=O)Nc2cc(Cl)ccc2[N+](=O)[O-])c1. The Hall–Kier alpha value is -2.45. The number of imidazole rings is 1. The average Bonchev–Trinajstić information content (AvgIpc) is 2.87. The molecule has 0 fully saturated rings. The molecule has 0 aliphatic carbocycles. The summed E-state index contributed by atoms with van der Waals surface area (Å²) in [5.41, 5.74) is 5.32. The third-order valence-electron chi connectivity index (χ3n) is 2.66. The molecule has 0 spiro atoms. The predicted molar refractivity (Wildman–Crippen MR) is 77.3 cm³/mol. The highest BCUT2D eigenvalue weighted by molar-refractivity contribution is 6.31. The third-order valence-corrected chi connectivity index (χ3v) is 2.89. The van der Waals surface area contributed by atoms with E-state index in [0.717, 1.165) is 0 Å². The molecule has 1 heterocycles. The second-order valence-corrected chi connectivity index (χ2v) is 4.59. The fourth-order valence-corrected chi connectivity index (χ4v) is 1.87. The van der Waals surface area contributed by atoms with Gasteiger partial charge < -0.3 is 15.6 Å². The summed E-state index contributed by atoms with van der Waals surface area (Å²) in [4.78, 5) is 26.3. The van der Waals surface area contributed by atoms with Crippen LogP contribution in [0.25, 0.3) is 0 Å². The molecule has 1 aromatic heterocycles. The van der Waals surface area contributed by atoms with Crippen molar-refractivity contribution in [3.63, 3.8) is 0 Å². The maximum atomic E-state index is 12.0. The van der Waals surface area contributed by atoms with Crippen LogP contribution in [0.3, 0.4) is 0 Å². The quantitative estimate of drug-likeness (QED) is 0.643. The van der Waals surface area contributed by atoms with Crippen LogP contribution in [0, 0.1) is 10.1 Å². The molecule has 110 valence electrons. The lowest BCUT2D eigenvalue weighted by atomic mass is 10.2. The number of carbonyl (C=O) groups excluding carboxylic acids is 1. The number of aromatic nitrogens is 2. The van der Waals surface area contributed by atoms with Crippen LogP contribution in [0.1, 0.15) is 10.5 Å². The average molecular weight is 310 g/mol. The molecule has 9 heteroatoms. The molecule has 3 N–H and O–H groups in total. The molecule has 8 nitrogen and oxygen atoms in total. The summed E-state index contributed by atoms with van der Waals surface area (Å²) in [6.45, 7) is 0.939. The number of hydrogen-bond donors (Lipinski definition) is 2. The first-order valence-electron chi connectivity index (χ1n) is 5.98. The van der Waals surface area contributed by atoms with Crippen LogP contribution in [0.5, 0.6) is 0 Å². The largest absolute Gasteiger partial charge is 0.335 e. The summed E-state index contributed by atoms with van der Waals surface area (Å²) in [6.07, 6.45) is 2.98. The number of nitrogens with two attached hydrogens (primary N) is 1. The number of nitro groups is 1. The van der Waals surface area contributed by atoms with Crippen molar-refractivity contribution in [3.05, 3.63) is 51.6 Å². The minimum absolute atomic E-state index is 0.0193. The van der Waals surface area contributed by atoms with E-state index in [-0.39, 0.29) is 22.1 Å². The van der Waals surface area contributed by atoms with E-state index in [1.807, 2.05) is 0 Å². The van der Waals surface area contributed by atoms with E-state index >= 15 is 0 Å². The van der Waals surface area contributed by atoms with Gasteiger partial charge in [-0.1, -0.05) is 11.6 Å².